The molecule has 3 nitrogen and oxygen atoms in total. The van der Waals surface area contributed by atoms with Crippen LogP contribution in [-0.2, 0) is 16.4 Å². The summed E-state index contributed by atoms with van der Waals surface area (Å²) in [6.45, 7) is 1.94. The zero-order valence-electron chi connectivity index (χ0n) is 11.6. The third kappa shape index (κ3) is 2.57. The molecule has 108 valence electrons. The Labute approximate surface area is 133 Å². The van der Waals surface area contributed by atoms with Crippen LogP contribution in [0.15, 0.2) is 53.4 Å². The van der Waals surface area contributed by atoms with Gasteiger partial charge in [0.05, 0.1) is 0 Å². The first-order valence-corrected chi connectivity index (χ1v) is 9.02. The summed E-state index contributed by atoms with van der Waals surface area (Å²) in [6, 6.07) is 14.6. The van der Waals surface area contributed by atoms with Crippen molar-refractivity contribution in [3.8, 4) is 0 Å². The van der Waals surface area contributed by atoms with E-state index in [2.05, 4.69) is 15.6 Å². The topological polar surface area (TPSA) is 37.4 Å². The third-order valence-corrected chi connectivity index (χ3v) is 6.44. The van der Waals surface area contributed by atoms with Crippen LogP contribution in [0.4, 0.5) is 5.69 Å². The van der Waals surface area contributed by atoms with E-state index in [4.69, 9.17) is 0 Å². The van der Waals surface area contributed by atoms with E-state index in [0.29, 0.717) is 11.3 Å². The van der Waals surface area contributed by atoms with Gasteiger partial charge in [0, 0.05) is 0 Å². The molecule has 0 aromatic heterocycles. The van der Waals surface area contributed by atoms with E-state index in [0.717, 1.165) is 27.8 Å². The van der Waals surface area contributed by atoms with Gasteiger partial charge in [-0.05, 0) is 0 Å². The summed E-state index contributed by atoms with van der Waals surface area (Å²) in [7, 11) is -3.58. The second kappa shape index (κ2) is 5.41. The first-order valence-electron chi connectivity index (χ1n) is 6.73. The molecule has 0 unspecified atom stereocenters. The van der Waals surface area contributed by atoms with Crippen LogP contribution in [0.5, 0.6) is 0 Å². The Morgan fingerprint density at radius 1 is 1.00 bits per heavy atom. The van der Waals surface area contributed by atoms with Gasteiger partial charge in [0.1, 0.15) is 0 Å². The van der Waals surface area contributed by atoms with Crippen molar-refractivity contribution in [2.75, 3.05) is 4.31 Å². The number of nitrogens with zero attached hydrogens (tertiary/aromatic N) is 1. The van der Waals surface area contributed by atoms with Gasteiger partial charge >= 0.3 is 133 Å². The Bertz CT molecular complexity index is 797. The summed E-state index contributed by atoms with van der Waals surface area (Å²) in [5, 5.41) is 0. The molecule has 0 spiro atoms. The van der Waals surface area contributed by atoms with Crippen LogP contribution in [-0.4, -0.2) is 28.5 Å². The van der Waals surface area contributed by atoms with Gasteiger partial charge in [0.25, 0.3) is 0 Å². The average Bonchev–Trinajstić information content (AvgIpc) is 2.47. The second-order valence-electron chi connectivity index (χ2n) is 5.10. The molecule has 0 amide bonds. The molecule has 0 fully saturated rings. The number of para-hydroxylation sites is 1. The molecule has 2 aromatic carbocycles. The molecule has 3 rings (SSSR count). The molecule has 0 atom stereocenters. The first kappa shape index (κ1) is 14.5. The summed E-state index contributed by atoms with van der Waals surface area (Å²) in [5.74, 6) is 0. The molecular weight excluding hydrogens is 349 g/mol. The predicted octanol–water partition coefficient (Wildman–Crippen LogP) is 2.43. The van der Waals surface area contributed by atoms with Gasteiger partial charge in [0.15, 0.2) is 0 Å². The van der Waals surface area contributed by atoms with Crippen LogP contribution < -0.4 is 4.31 Å². The monoisotopic (exact) mass is 365 g/mol. The first-order chi connectivity index (χ1) is 10.00. The number of hydrogen-bond acceptors (Lipinski definition) is 2. The SMILES string of the molecule is Cc1ccc(S(=O)(=O)N2C(=[Se])CCc3ccccc32)cc1. The van der Waals surface area contributed by atoms with E-state index < -0.39 is 10.0 Å². The van der Waals surface area contributed by atoms with Crippen molar-refractivity contribution in [3.63, 3.8) is 0 Å². The van der Waals surface area contributed by atoms with Crippen LogP contribution in [0.25, 0.3) is 0 Å². The Kier molecular flexibility index (Phi) is 3.74. The average molecular weight is 364 g/mol. The van der Waals surface area contributed by atoms with Crippen molar-refractivity contribution in [1.82, 2.24) is 0 Å². The van der Waals surface area contributed by atoms with Crippen molar-refractivity contribution in [1.29, 1.82) is 0 Å². The standard InChI is InChI=1S/C16H15NO2SSe/c1-12-6-9-14(10-7-12)20(18,19)17-15-5-3-2-4-13(15)8-11-16(17)21/h2-7,9-10H,8,11H2,1H3. The van der Waals surface area contributed by atoms with Gasteiger partial charge in [-0.15, -0.1) is 0 Å². The van der Waals surface area contributed by atoms with Crippen molar-refractivity contribution in [3.05, 3.63) is 59.7 Å². The number of fused-ring (bicyclic) bond motifs is 1. The number of aryl methyl sites for hydroxylation is 2. The van der Waals surface area contributed by atoms with E-state index in [1.165, 1.54) is 4.31 Å². The molecule has 0 radical (unpaired) electrons. The Morgan fingerprint density at radius 3 is 2.38 bits per heavy atom. The van der Waals surface area contributed by atoms with Crippen molar-refractivity contribution in [2.24, 2.45) is 0 Å². The van der Waals surface area contributed by atoms with Crippen molar-refractivity contribution >= 4 is 35.8 Å². The number of hydrogen-bond donors (Lipinski definition) is 0. The molecule has 0 saturated heterocycles. The van der Waals surface area contributed by atoms with E-state index in [9.17, 15) is 8.42 Å². The molecule has 0 N–H and O–H groups in total. The third-order valence-electron chi connectivity index (χ3n) is 3.60. The van der Waals surface area contributed by atoms with Gasteiger partial charge in [-0.2, -0.15) is 0 Å². The van der Waals surface area contributed by atoms with E-state index in [-0.39, 0.29) is 0 Å². The second-order valence-corrected chi connectivity index (χ2v) is 7.88. The molecule has 5 heteroatoms. The Balaban J connectivity index is 2.14. The fourth-order valence-corrected chi connectivity index (χ4v) is 5.00. The zero-order valence-corrected chi connectivity index (χ0v) is 14.1. The molecule has 0 saturated carbocycles. The molecule has 1 aliphatic rings. The summed E-state index contributed by atoms with van der Waals surface area (Å²) in [4.78, 5) is 0.317. The minimum absolute atomic E-state index is 0.317. The summed E-state index contributed by atoms with van der Waals surface area (Å²) in [5.41, 5.74) is 2.85. The number of benzene rings is 2. The minimum atomic E-state index is -3.58. The van der Waals surface area contributed by atoms with E-state index in [1.807, 2.05) is 43.3 Å². The van der Waals surface area contributed by atoms with Crippen LogP contribution in [0, 0.1) is 6.92 Å². The van der Waals surface area contributed by atoms with Crippen molar-refractivity contribution < 1.29 is 8.42 Å². The molecule has 1 aliphatic heterocycles. The maximum atomic E-state index is 13.0. The molecular formula is C16H15NO2SSe. The van der Waals surface area contributed by atoms with Gasteiger partial charge in [-0.25, -0.2) is 0 Å². The van der Waals surface area contributed by atoms with Crippen LogP contribution >= 0.6 is 0 Å². The molecule has 2 aromatic rings. The van der Waals surface area contributed by atoms with Crippen LogP contribution in [0.3, 0.4) is 0 Å². The number of anilines is 1. The molecule has 21 heavy (non-hydrogen) atoms. The van der Waals surface area contributed by atoms with Gasteiger partial charge in [-0.1, -0.05) is 0 Å². The maximum absolute atomic E-state index is 13.0. The summed E-state index contributed by atoms with van der Waals surface area (Å²) in [6.07, 6.45) is 1.57. The summed E-state index contributed by atoms with van der Waals surface area (Å²) < 4.78 is 28.1. The summed E-state index contributed by atoms with van der Waals surface area (Å²) >= 11 is 2.92. The van der Waals surface area contributed by atoms with Crippen LogP contribution in [0.2, 0.25) is 0 Å². The van der Waals surface area contributed by atoms with E-state index in [1.54, 1.807) is 12.1 Å². The van der Waals surface area contributed by atoms with Gasteiger partial charge < -0.3 is 0 Å². The number of sulfonamides is 1. The molecule has 1 heterocycles. The Morgan fingerprint density at radius 2 is 1.67 bits per heavy atom. The van der Waals surface area contributed by atoms with Crippen molar-refractivity contribution in [2.45, 2.75) is 24.7 Å². The molecule has 0 aliphatic carbocycles. The quantitative estimate of drug-likeness (QED) is 0.768. The zero-order chi connectivity index (χ0) is 15.0. The van der Waals surface area contributed by atoms with Gasteiger partial charge in [0.2, 0.25) is 0 Å². The fourth-order valence-electron chi connectivity index (χ4n) is 2.48. The fraction of sp³-hybridized carbons (Fsp3) is 0.188. The molecule has 0 bridgehead atoms. The van der Waals surface area contributed by atoms with E-state index >= 15 is 0 Å². The van der Waals surface area contributed by atoms with Crippen LogP contribution in [0.1, 0.15) is 17.5 Å². The van der Waals surface area contributed by atoms with Gasteiger partial charge in [-0.3, -0.25) is 0 Å². The predicted molar refractivity (Wildman–Crippen MR) is 86.4 cm³/mol. The normalized spacial score (nSPS) is 14.9. The Hall–Kier alpha value is -1.42. The number of rotatable bonds is 2.